The van der Waals surface area contributed by atoms with E-state index >= 15 is 0 Å². The molecule has 4 aromatic rings. The Balaban J connectivity index is 1.44. The van der Waals surface area contributed by atoms with Crippen LogP contribution >= 0.6 is 0 Å². The Bertz CT molecular complexity index is 1120. The molecule has 140 valence electrons. The third-order valence-electron chi connectivity index (χ3n) is 4.25. The first-order valence-corrected chi connectivity index (χ1v) is 8.70. The van der Waals surface area contributed by atoms with Crippen LogP contribution in [0.5, 0.6) is 0 Å². The van der Waals surface area contributed by atoms with Gasteiger partial charge in [-0.05, 0) is 13.0 Å². The lowest BCUT2D eigenvalue weighted by Crippen LogP contribution is -2.13. The van der Waals surface area contributed by atoms with Crippen molar-refractivity contribution in [2.75, 3.05) is 5.32 Å². The lowest BCUT2D eigenvalue weighted by Gasteiger charge is -2.03. The van der Waals surface area contributed by atoms with Crippen LogP contribution in [-0.2, 0) is 6.54 Å². The van der Waals surface area contributed by atoms with E-state index in [0.717, 1.165) is 11.1 Å². The minimum atomic E-state index is -0.432. The van der Waals surface area contributed by atoms with Gasteiger partial charge in [-0.15, -0.1) is 0 Å². The summed E-state index contributed by atoms with van der Waals surface area (Å²) in [6.07, 6.45) is 1.67. The Morgan fingerprint density at radius 1 is 1.14 bits per heavy atom. The number of aromatic nitrogens is 3. The highest BCUT2D eigenvalue weighted by Gasteiger charge is 2.15. The second kappa shape index (κ2) is 7.48. The average molecular weight is 376 g/mol. The first-order chi connectivity index (χ1) is 13.6. The molecule has 0 aliphatic rings. The summed E-state index contributed by atoms with van der Waals surface area (Å²) < 4.78 is 20.6. The maximum absolute atomic E-state index is 13.7. The van der Waals surface area contributed by atoms with Crippen molar-refractivity contribution in [2.45, 2.75) is 13.5 Å². The molecule has 6 nitrogen and oxygen atoms in total. The molecule has 2 heterocycles. The summed E-state index contributed by atoms with van der Waals surface area (Å²) in [5.41, 5.74) is 2.64. The average Bonchev–Trinajstić information content (AvgIpc) is 3.34. The molecule has 28 heavy (non-hydrogen) atoms. The molecule has 0 unspecified atom stereocenters. The molecule has 0 aliphatic heterocycles. The molecule has 0 radical (unpaired) electrons. The van der Waals surface area contributed by atoms with Gasteiger partial charge in [-0.2, -0.15) is 5.10 Å². The fraction of sp³-hybridized carbons (Fsp3) is 0.0952. The normalized spacial score (nSPS) is 10.8. The molecule has 0 bridgehead atoms. The topological polar surface area (TPSA) is 73.0 Å². The van der Waals surface area contributed by atoms with Crippen LogP contribution in [0.25, 0.3) is 11.3 Å². The summed E-state index contributed by atoms with van der Waals surface area (Å²) in [5, 5.41) is 10.7. The number of hydrogen-bond donors (Lipinski definition) is 1. The SMILES string of the molecule is Cc1ccc(-c2cc(C(=O)Nc3ccn(Cc4ccccc4F)n3)no2)cc1. The van der Waals surface area contributed by atoms with Crippen molar-refractivity contribution >= 4 is 11.7 Å². The van der Waals surface area contributed by atoms with Gasteiger partial charge in [-0.3, -0.25) is 9.48 Å². The molecule has 0 saturated carbocycles. The number of carbonyl (C=O) groups excluding carboxylic acids is 1. The van der Waals surface area contributed by atoms with Gasteiger partial charge in [0, 0.05) is 29.5 Å². The Labute approximate surface area is 160 Å². The zero-order valence-electron chi connectivity index (χ0n) is 15.1. The molecule has 2 aromatic heterocycles. The number of amides is 1. The van der Waals surface area contributed by atoms with Crippen LogP contribution in [0.3, 0.4) is 0 Å². The molecule has 2 aromatic carbocycles. The summed E-state index contributed by atoms with van der Waals surface area (Å²) in [6.45, 7) is 2.26. The van der Waals surface area contributed by atoms with Crippen molar-refractivity contribution in [2.24, 2.45) is 0 Å². The van der Waals surface area contributed by atoms with E-state index in [1.165, 1.54) is 6.07 Å². The second-order valence-corrected chi connectivity index (χ2v) is 6.39. The number of hydrogen-bond acceptors (Lipinski definition) is 4. The third kappa shape index (κ3) is 3.83. The minimum Gasteiger partial charge on any atom is -0.355 e. The molecular formula is C21H17FN4O2. The number of benzene rings is 2. The number of halogens is 1. The Morgan fingerprint density at radius 2 is 1.93 bits per heavy atom. The lowest BCUT2D eigenvalue weighted by molar-refractivity contribution is 0.101. The van der Waals surface area contributed by atoms with E-state index in [9.17, 15) is 9.18 Å². The zero-order chi connectivity index (χ0) is 19.5. The van der Waals surface area contributed by atoms with Crippen LogP contribution in [0.4, 0.5) is 10.2 Å². The summed E-state index contributed by atoms with van der Waals surface area (Å²) in [6, 6.07) is 17.4. The van der Waals surface area contributed by atoms with E-state index in [2.05, 4.69) is 15.6 Å². The predicted octanol–water partition coefficient (Wildman–Crippen LogP) is 4.29. The van der Waals surface area contributed by atoms with Crippen LogP contribution in [0, 0.1) is 12.7 Å². The Hall–Kier alpha value is -3.74. The molecule has 4 rings (SSSR count). The molecule has 0 saturated heterocycles. The number of carbonyl (C=O) groups is 1. The molecular weight excluding hydrogens is 359 g/mol. The lowest BCUT2D eigenvalue weighted by atomic mass is 10.1. The van der Waals surface area contributed by atoms with E-state index in [0.29, 0.717) is 17.1 Å². The van der Waals surface area contributed by atoms with Gasteiger partial charge in [0.05, 0.1) is 6.54 Å². The molecule has 1 N–H and O–H groups in total. The van der Waals surface area contributed by atoms with Crippen LogP contribution in [0.2, 0.25) is 0 Å². The standard InChI is InChI=1S/C21H17FN4O2/c1-14-6-8-15(9-7-14)19-12-18(25-28-19)21(27)23-20-10-11-26(24-20)13-16-4-2-3-5-17(16)22/h2-12H,13H2,1H3,(H,23,24,27). The highest BCUT2D eigenvalue weighted by Crippen LogP contribution is 2.21. The first kappa shape index (κ1) is 17.7. The molecule has 0 aliphatic carbocycles. The maximum Gasteiger partial charge on any atom is 0.279 e. The van der Waals surface area contributed by atoms with Crippen molar-refractivity contribution in [1.82, 2.24) is 14.9 Å². The van der Waals surface area contributed by atoms with E-state index in [4.69, 9.17) is 4.52 Å². The molecule has 1 amide bonds. The first-order valence-electron chi connectivity index (χ1n) is 8.70. The molecule has 0 atom stereocenters. The van der Waals surface area contributed by atoms with Gasteiger partial charge < -0.3 is 9.84 Å². The van der Waals surface area contributed by atoms with Crippen molar-refractivity contribution in [3.05, 3.63) is 89.5 Å². The van der Waals surface area contributed by atoms with E-state index in [-0.39, 0.29) is 18.1 Å². The van der Waals surface area contributed by atoms with Crippen molar-refractivity contribution in [3.63, 3.8) is 0 Å². The van der Waals surface area contributed by atoms with Gasteiger partial charge >= 0.3 is 0 Å². The van der Waals surface area contributed by atoms with Crippen LogP contribution < -0.4 is 5.32 Å². The fourth-order valence-corrected chi connectivity index (χ4v) is 2.73. The summed E-state index contributed by atoms with van der Waals surface area (Å²) in [5.74, 6) is 0.129. The number of anilines is 1. The molecule has 0 spiro atoms. The van der Waals surface area contributed by atoms with Gasteiger partial charge in [0.15, 0.2) is 17.3 Å². The van der Waals surface area contributed by atoms with Gasteiger partial charge in [0.25, 0.3) is 5.91 Å². The van der Waals surface area contributed by atoms with Gasteiger partial charge in [0.2, 0.25) is 0 Å². The zero-order valence-corrected chi connectivity index (χ0v) is 15.1. The Morgan fingerprint density at radius 3 is 2.71 bits per heavy atom. The monoisotopic (exact) mass is 376 g/mol. The van der Waals surface area contributed by atoms with Crippen LogP contribution in [-0.4, -0.2) is 20.8 Å². The van der Waals surface area contributed by atoms with Crippen molar-refractivity contribution in [1.29, 1.82) is 0 Å². The van der Waals surface area contributed by atoms with E-state index < -0.39 is 5.91 Å². The van der Waals surface area contributed by atoms with Crippen LogP contribution in [0.1, 0.15) is 21.6 Å². The maximum atomic E-state index is 13.7. The summed E-state index contributed by atoms with van der Waals surface area (Å²) in [4.78, 5) is 12.4. The van der Waals surface area contributed by atoms with E-state index in [1.807, 2.05) is 31.2 Å². The third-order valence-corrected chi connectivity index (χ3v) is 4.25. The van der Waals surface area contributed by atoms with Gasteiger partial charge in [-0.1, -0.05) is 53.2 Å². The minimum absolute atomic E-state index is 0.152. The second-order valence-electron chi connectivity index (χ2n) is 6.39. The summed E-state index contributed by atoms with van der Waals surface area (Å²) >= 11 is 0. The fourth-order valence-electron chi connectivity index (χ4n) is 2.73. The number of nitrogens with one attached hydrogen (secondary N) is 1. The van der Waals surface area contributed by atoms with Gasteiger partial charge in [-0.25, -0.2) is 4.39 Å². The number of nitrogens with zero attached hydrogens (tertiary/aromatic N) is 3. The van der Waals surface area contributed by atoms with Crippen LogP contribution in [0.15, 0.2) is 71.4 Å². The largest absolute Gasteiger partial charge is 0.355 e. The highest BCUT2D eigenvalue weighted by atomic mass is 19.1. The molecule has 7 heteroatoms. The highest BCUT2D eigenvalue weighted by molar-refractivity contribution is 6.02. The summed E-state index contributed by atoms with van der Waals surface area (Å²) in [7, 11) is 0. The van der Waals surface area contributed by atoms with E-state index in [1.54, 1.807) is 41.2 Å². The van der Waals surface area contributed by atoms with Crippen molar-refractivity contribution < 1.29 is 13.7 Å². The molecule has 0 fully saturated rings. The predicted molar refractivity (Wildman–Crippen MR) is 102 cm³/mol. The van der Waals surface area contributed by atoms with Crippen molar-refractivity contribution in [3.8, 4) is 11.3 Å². The van der Waals surface area contributed by atoms with Gasteiger partial charge in [0.1, 0.15) is 5.82 Å². The number of rotatable bonds is 5. The Kier molecular flexibility index (Phi) is 4.72. The smallest absolute Gasteiger partial charge is 0.279 e. The quantitative estimate of drug-likeness (QED) is 0.564. The number of aryl methyl sites for hydroxylation is 1.